The fraction of sp³-hybridized carbons (Fsp3) is 0.636. The van der Waals surface area contributed by atoms with Crippen LogP contribution in [0.3, 0.4) is 0 Å². The fourth-order valence-corrected chi connectivity index (χ4v) is 5.66. The van der Waals surface area contributed by atoms with Crippen LogP contribution in [0.15, 0.2) is 30.4 Å². The molecule has 42 heavy (non-hydrogen) atoms. The van der Waals surface area contributed by atoms with Gasteiger partial charge in [-0.05, 0) is 70.6 Å². The average Bonchev–Trinajstić information content (AvgIpc) is 3.40. The zero-order valence-corrected chi connectivity index (χ0v) is 28.2. The molecule has 1 atom stereocenters. The van der Waals surface area contributed by atoms with E-state index in [2.05, 4.69) is 86.4 Å². The number of likely N-dealkylation sites (N-methyl/N-ethyl adjacent to an activating group) is 1. The molecule has 3 rings (SSSR count). The molecule has 1 fully saturated rings. The van der Waals surface area contributed by atoms with E-state index in [1.165, 1.54) is 61.4 Å². The molecule has 8 nitrogen and oxygen atoms in total. The van der Waals surface area contributed by atoms with E-state index < -0.39 is 0 Å². The zero-order chi connectivity index (χ0) is 32.5. The van der Waals surface area contributed by atoms with E-state index in [9.17, 15) is 9.59 Å². The predicted octanol–water partition coefficient (Wildman–Crippen LogP) is 5.88. The van der Waals surface area contributed by atoms with Crippen LogP contribution < -0.4 is 16.8 Å². The lowest BCUT2D eigenvalue weighted by atomic mass is 9.83. The minimum Gasteiger partial charge on any atom is -0.370 e. The highest BCUT2D eigenvalue weighted by Crippen LogP contribution is 2.29. The highest BCUT2D eigenvalue weighted by Gasteiger charge is 2.18. The van der Waals surface area contributed by atoms with Crippen LogP contribution in [-0.2, 0) is 20.8 Å². The standard InChI is InChI=1S/C15H30N2.C13H15NOS.C3H7NO.CH5N.CH2O/c1-13(12-17(3)4)10-15(16-2)11-14-8-6-5-7-9-14;1-9(2)10-5-6-11-12(8-10)16-13(14-11)4-3-7-15;1-2-3(4)5;2*1-2/h14-16H,1,5-12H2,2-4H3;5-9H,3-4H2,1-2H3;2H2,1H3,(H2,4,5);2H2,1H3;1H2. The maximum Gasteiger partial charge on any atom is 0.217 e. The number of aldehydes is 1. The van der Waals surface area contributed by atoms with E-state index in [0.717, 1.165) is 42.1 Å². The van der Waals surface area contributed by atoms with Gasteiger partial charge < -0.3 is 31.3 Å². The second kappa shape index (κ2) is 26.2. The van der Waals surface area contributed by atoms with Crippen molar-refractivity contribution in [2.75, 3.05) is 34.7 Å². The number of primary amides is 1. The Labute approximate surface area is 259 Å². The van der Waals surface area contributed by atoms with Crippen LogP contribution in [0, 0.1) is 5.92 Å². The smallest absolute Gasteiger partial charge is 0.217 e. The lowest BCUT2D eigenvalue weighted by Crippen LogP contribution is -2.30. The molecule has 1 heterocycles. The normalized spacial score (nSPS) is 13.3. The van der Waals surface area contributed by atoms with Crippen LogP contribution in [0.25, 0.3) is 10.2 Å². The topological polar surface area (TPSA) is 131 Å². The van der Waals surface area contributed by atoms with E-state index in [0.29, 0.717) is 24.8 Å². The largest absolute Gasteiger partial charge is 0.370 e. The Kier molecular flexibility index (Phi) is 26.0. The fourth-order valence-electron chi connectivity index (χ4n) is 4.63. The summed E-state index contributed by atoms with van der Waals surface area (Å²) in [4.78, 5) is 34.6. The van der Waals surface area contributed by atoms with Crippen LogP contribution in [-0.4, -0.2) is 69.6 Å². The molecule has 1 unspecified atom stereocenters. The number of amides is 1. The van der Waals surface area contributed by atoms with Crippen molar-refractivity contribution in [2.24, 2.45) is 17.4 Å². The highest BCUT2D eigenvalue weighted by atomic mass is 32.1. The van der Waals surface area contributed by atoms with Crippen LogP contribution in [0.4, 0.5) is 0 Å². The molecular weight excluding hydrogens is 546 g/mol. The lowest BCUT2D eigenvalue weighted by Gasteiger charge is -2.27. The summed E-state index contributed by atoms with van der Waals surface area (Å²) in [5.41, 5.74) is 12.9. The Morgan fingerprint density at radius 3 is 2.26 bits per heavy atom. The van der Waals surface area contributed by atoms with Gasteiger partial charge in [-0.25, -0.2) is 4.98 Å². The Hall–Kier alpha value is -2.46. The molecule has 1 amide bonds. The summed E-state index contributed by atoms with van der Waals surface area (Å²) in [5, 5.41) is 4.53. The van der Waals surface area contributed by atoms with Crippen LogP contribution in [0.2, 0.25) is 0 Å². The van der Waals surface area contributed by atoms with Crippen molar-refractivity contribution in [2.45, 2.75) is 96.9 Å². The van der Waals surface area contributed by atoms with Crippen molar-refractivity contribution in [3.63, 3.8) is 0 Å². The summed E-state index contributed by atoms with van der Waals surface area (Å²) in [6.07, 6.45) is 12.4. The summed E-state index contributed by atoms with van der Waals surface area (Å²) in [7, 11) is 7.82. The number of aryl methyl sites for hydroxylation is 1. The molecule has 240 valence electrons. The van der Waals surface area contributed by atoms with Gasteiger partial charge in [0.15, 0.2) is 0 Å². The number of carbonyl (C=O) groups excluding carboxylic acids is 3. The van der Waals surface area contributed by atoms with Gasteiger partial charge in [-0.2, -0.15) is 0 Å². The average molecular weight is 606 g/mol. The van der Waals surface area contributed by atoms with Gasteiger partial charge in [0.1, 0.15) is 13.1 Å². The number of carbonyl (C=O) groups is 3. The third kappa shape index (κ3) is 19.6. The first-order chi connectivity index (χ1) is 20.1. The van der Waals surface area contributed by atoms with Gasteiger partial charge in [0.05, 0.1) is 15.2 Å². The quantitative estimate of drug-likeness (QED) is 0.203. The number of benzene rings is 1. The number of hydrogen-bond acceptors (Lipinski definition) is 8. The van der Waals surface area contributed by atoms with Crippen molar-refractivity contribution in [1.82, 2.24) is 15.2 Å². The highest BCUT2D eigenvalue weighted by molar-refractivity contribution is 7.18. The molecule has 1 aromatic heterocycles. The number of nitrogens with zero attached hydrogens (tertiary/aromatic N) is 2. The summed E-state index contributed by atoms with van der Waals surface area (Å²) >= 11 is 1.70. The van der Waals surface area contributed by atoms with Gasteiger partial charge in [-0.3, -0.25) is 4.79 Å². The first-order valence-electron chi connectivity index (χ1n) is 15.1. The summed E-state index contributed by atoms with van der Waals surface area (Å²) < 4.78 is 1.23. The van der Waals surface area contributed by atoms with E-state index in [-0.39, 0.29) is 5.91 Å². The van der Waals surface area contributed by atoms with E-state index >= 15 is 0 Å². The SMILES string of the molecule is C=C(CC(CC1CCCCC1)NC)CN(C)C.C=O.CC(C)c1ccc2nc(CCC=O)sc2c1.CCC(N)=O.CN. The molecule has 1 aliphatic carbocycles. The van der Waals surface area contributed by atoms with Gasteiger partial charge in [0, 0.05) is 31.8 Å². The molecule has 0 bridgehead atoms. The lowest BCUT2D eigenvalue weighted by molar-refractivity contribution is -0.117. The third-order valence-electron chi connectivity index (χ3n) is 6.77. The summed E-state index contributed by atoms with van der Waals surface area (Å²) in [6, 6.07) is 7.05. The second-order valence-corrected chi connectivity index (χ2v) is 12.0. The number of nitrogens with one attached hydrogen (secondary N) is 1. The first kappa shape index (κ1) is 41.7. The molecule has 9 heteroatoms. The Bertz CT molecular complexity index is 987. The van der Waals surface area contributed by atoms with Crippen molar-refractivity contribution in [1.29, 1.82) is 0 Å². The van der Waals surface area contributed by atoms with Crippen LogP contribution >= 0.6 is 11.3 Å². The van der Waals surface area contributed by atoms with Crippen molar-refractivity contribution < 1.29 is 14.4 Å². The molecule has 0 radical (unpaired) electrons. The van der Waals surface area contributed by atoms with E-state index in [1.54, 1.807) is 18.3 Å². The number of nitrogens with two attached hydrogens (primary N) is 2. The minimum absolute atomic E-state index is 0.245. The molecule has 2 aromatic rings. The second-order valence-electron chi connectivity index (χ2n) is 10.9. The number of aromatic nitrogens is 1. The molecule has 0 saturated heterocycles. The van der Waals surface area contributed by atoms with Gasteiger partial charge in [0.2, 0.25) is 5.91 Å². The molecule has 0 aliphatic heterocycles. The summed E-state index contributed by atoms with van der Waals surface area (Å²) in [5.74, 6) is 1.25. The Balaban J connectivity index is 0. The molecular formula is C33H59N5O3S. The number of fused-ring (bicyclic) bond motifs is 1. The molecule has 1 saturated carbocycles. The predicted molar refractivity (Wildman–Crippen MR) is 181 cm³/mol. The van der Waals surface area contributed by atoms with Gasteiger partial charge in [-0.1, -0.05) is 71.1 Å². The van der Waals surface area contributed by atoms with Crippen LogP contribution in [0.5, 0.6) is 0 Å². The summed E-state index contributed by atoms with van der Waals surface area (Å²) in [6.45, 7) is 13.3. The molecule has 1 aromatic carbocycles. The minimum atomic E-state index is -0.245. The third-order valence-corrected chi connectivity index (χ3v) is 7.85. The van der Waals surface area contributed by atoms with Crippen molar-refractivity contribution in [3.8, 4) is 0 Å². The zero-order valence-electron chi connectivity index (χ0n) is 27.4. The Morgan fingerprint density at radius 1 is 1.19 bits per heavy atom. The maximum absolute atomic E-state index is 10.3. The first-order valence-corrected chi connectivity index (χ1v) is 15.9. The van der Waals surface area contributed by atoms with Gasteiger partial charge >= 0.3 is 0 Å². The monoisotopic (exact) mass is 605 g/mol. The van der Waals surface area contributed by atoms with Crippen molar-refractivity contribution >= 4 is 40.5 Å². The number of thiazole rings is 1. The number of rotatable bonds is 12. The van der Waals surface area contributed by atoms with Gasteiger partial charge in [-0.15, -0.1) is 11.3 Å². The maximum atomic E-state index is 10.3. The number of hydrogen-bond donors (Lipinski definition) is 3. The van der Waals surface area contributed by atoms with E-state index in [4.69, 9.17) is 4.79 Å². The van der Waals surface area contributed by atoms with Crippen molar-refractivity contribution in [3.05, 3.63) is 40.9 Å². The molecule has 1 aliphatic rings. The Morgan fingerprint density at radius 2 is 1.79 bits per heavy atom. The van der Waals surface area contributed by atoms with Crippen LogP contribution in [0.1, 0.15) is 95.0 Å². The molecule has 0 spiro atoms. The van der Waals surface area contributed by atoms with E-state index in [1.807, 2.05) is 6.79 Å². The molecule has 5 N–H and O–H groups in total. The van der Waals surface area contributed by atoms with Gasteiger partial charge in [0.25, 0.3) is 0 Å².